The lowest BCUT2D eigenvalue weighted by atomic mass is 10.0. The zero-order valence-electron chi connectivity index (χ0n) is 14.9. The van der Waals surface area contributed by atoms with Gasteiger partial charge in [-0.2, -0.15) is 0 Å². The molecule has 0 spiro atoms. The van der Waals surface area contributed by atoms with Crippen molar-refractivity contribution in [2.45, 2.75) is 32.0 Å². The average molecular weight is 359 g/mol. The number of rotatable bonds is 7. The summed E-state index contributed by atoms with van der Waals surface area (Å²) in [6.45, 7) is 2.55. The Kier molecular flexibility index (Phi) is 6.61. The molecule has 0 aromatic heterocycles. The van der Waals surface area contributed by atoms with E-state index in [-0.39, 0.29) is 18.8 Å². The van der Waals surface area contributed by atoms with Crippen LogP contribution in [-0.4, -0.2) is 47.5 Å². The van der Waals surface area contributed by atoms with Crippen LogP contribution in [0.3, 0.4) is 0 Å². The van der Waals surface area contributed by atoms with Gasteiger partial charge in [0.05, 0.1) is 6.61 Å². The van der Waals surface area contributed by atoms with Crippen molar-refractivity contribution in [1.82, 2.24) is 4.90 Å². The van der Waals surface area contributed by atoms with Crippen LogP contribution >= 0.6 is 0 Å². The highest BCUT2D eigenvalue weighted by Gasteiger charge is 2.16. The number of likely N-dealkylation sites (tertiary alicyclic amines) is 1. The molecule has 2 N–H and O–H groups in total. The lowest BCUT2D eigenvalue weighted by molar-refractivity contribution is 0.0619. The molecule has 26 heavy (non-hydrogen) atoms. The van der Waals surface area contributed by atoms with Gasteiger partial charge in [0.1, 0.15) is 24.3 Å². The first-order valence-corrected chi connectivity index (χ1v) is 9.19. The molecule has 3 rings (SSSR count). The van der Waals surface area contributed by atoms with Gasteiger partial charge in [-0.1, -0.05) is 30.7 Å². The molecule has 0 bridgehead atoms. The van der Waals surface area contributed by atoms with Crippen molar-refractivity contribution in [2.24, 2.45) is 0 Å². The zero-order valence-corrected chi connectivity index (χ0v) is 14.9. The fourth-order valence-electron chi connectivity index (χ4n) is 3.37. The SMILES string of the molecule is OCc1cc(-c2ccccc2OCC(O)CN2CCCCC2)ccc1F. The van der Waals surface area contributed by atoms with Gasteiger partial charge in [-0.3, -0.25) is 0 Å². The van der Waals surface area contributed by atoms with Gasteiger partial charge >= 0.3 is 0 Å². The van der Waals surface area contributed by atoms with E-state index in [4.69, 9.17) is 4.74 Å². The second-order valence-electron chi connectivity index (χ2n) is 6.79. The molecule has 140 valence electrons. The highest BCUT2D eigenvalue weighted by Crippen LogP contribution is 2.31. The number of nitrogens with zero attached hydrogens (tertiary/aromatic N) is 1. The van der Waals surface area contributed by atoms with E-state index in [9.17, 15) is 14.6 Å². The fraction of sp³-hybridized carbons (Fsp3) is 0.429. The Hall–Kier alpha value is -1.95. The molecule has 1 atom stereocenters. The number of aliphatic hydroxyl groups is 2. The molecule has 1 saturated heterocycles. The highest BCUT2D eigenvalue weighted by atomic mass is 19.1. The molecule has 4 nitrogen and oxygen atoms in total. The van der Waals surface area contributed by atoms with Gasteiger partial charge in [0, 0.05) is 17.7 Å². The molecule has 1 unspecified atom stereocenters. The van der Waals surface area contributed by atoms with Crippen molar-refractivity contribution in [3.8, 4) is 16.9 Å². The third-order valence-corrected chi connectivity index (χ3v) is 4.76. The molecular weight excluding hydrogens is 333 g/mol. The van der Waals surface area contributed by atoms with E-state index in [1.807, 2.05) is 24.3 Å². The van der Waals surface area contributed by atoms with Crippen LogP contribution in [0.2, 0.25) is 0 Å². The maximum Gasteiger partial charge on any atom is 0.128 e. The van der Waals surface area contributed by atoms with Crippen molar-refractivity contribution < 1.29 is 19.3 Å². The molecule has 0 amide bonds. The second-order valence-corrected chi connectivity index (χ2v) is 6.79. The van der Waals surface area contributed by atoms with Crippen LogP contribution in [-0.2, 0) is 6.61 Å². The summed E-state index contributed by atoms with van der Waals surface area (Å²) in [5.41, 5.74) is 1.84. The summed E-state index contributed by atoms with van der Waals surface area (Å²) in [5, 5.41) is 19.6. The predicted octanol–water partition coefficient (Wildman–Crippen LogP) is 3.21. The minimum absolute atomic E-state index is 0.210. The van der Waals surface area contributed by atoms with Crippen molar-refractivity contribution in [1.29, 1.82) is 0 Å². The zero-order chi connectivity index (χ0) is 18.4. The molecule has 2 aromatic rings. The molecule has 0 radical (unpaired) electrons. The van der Waals surface area contributed by atoms with Crippen LogP contribution in [0.5, 0.6) is 5.75 Å². The summed E-state index contributed by atoms with van der Waals surface area (Å²) in [6, 6.07) is 12.1. The quantitative estimate of drug-likeness (QED) is 0.797. The van der Waals surface area contributed by atoms with E-state index in [0.717, 1.165) is 24.2 Å². The number of hydrogen-bond donors (Lipinski definition) is 2. The minimum Gasteiger partial charge on any atom is -0.490 e. The number of hydrogen-bond acceptors (Lipinski definition) is 4. The Morgan fingerprint density at radius 1 is 1.08 bits per heavy atom. The topological polar surface area (TPSA) is 52.9 Å². The largest absolute Gasteiger partial charge is 0.490 e. The number of para-hydroxylation sites is 1. The van der Waals surface area contributed by atoms with E-state index in [2.05, 4.69) is 4.90 Å². The Labute approximate surface area is 153 Å². The lowest BCUT2D eigenvalue weighted by Crippen LogP contribution is -2.38. The van der Waals surface area contributed by atoms with Gasteiger partial charge < -0.3 is 19.8 Å². The van der Waals surface area contributed by atoms with Crippen LogP contribution in [0.1, 0.15) is 24.8 Å². The summed E-state index contributed by atoms with van der Waals surface area (Å²) in [4.78, 5) is 2.27. The first kappa shape index (κ1) is 18.8. The van der Waals surface area contributed by atoms with Crippen LogP contribution in [0.25, 0.3) is 11.1 Å². The Morgan fingerprint density at radius 3 is 2.62 bits per heavy atom. The van der Waals surface area contributed by atoms with Gasteiger partial charge in [0.25, 0.3) is 0 Å². The third-order valence-electron chi connectivity index (χ3n) is 4.76. The fourth-order valence-corrected chi connectivity index (χ4v) is 3.37. The Bertz CT molecular complexity index is 716. The summed E-state index contributed by atoms with van der Waals surface area (Å²) in [7, 11) is 0. The molecule has 1 fully saturated rings. The Morgan fingerprint density at radius 2 is 1.85 bits per heavy atom. The minimum atomic E-state index is -0.553. The van der Waals surface area contributed by atoms with Gasteiger partial charge in [0.15, 0.2) is 0 Å². The van der Waals surface area contributed by atoms with E-state index >= 15 is 0 Å². The molecule has 5 heteroatoms. The van der Waals surface area contributed by atoms with Gasteiger partial charge in [-0.15, -0.1) is 0 Å². The summed E-state index contributed by atoms with van der Waals surface area (Å²) >= 11 is 0. The van der Waals surface area contributed by atoms with Crippen LogP contribution in [0.15, 0.2) is 42.5 Å². The summed E-state index contributed by atoms with van der Waals surface area (Å²) in [5.74, 6) is 0.215. The standard InChI is InChI=1S/C21H26FNO3/c22-20-9-8-16(12-17(20)14-24)19-6-2-3-7-21(19)26-15-18(25)13-23-10-4-1-5-11-23/h2-3,6-9,12,18,24-25H,1,4-5,10-11,13-15H2. The normalized spacial score (nSPS) is 16.4. The van der Waals surface area contributed by atoms with Crippen LogP contribution < -0.4 is 4.74 Å². The first-order valence-electron chi connectivity index (χ1n) is 9.19. The molecule has 2 aromatic carbocycles. The highest BCUT2D eigenvalue weighted by molar-refractivity contribution is 5.71. The van der Waals surface area contributed by atoms with Crippen molar-refractivity contribution in [3.05, 3.63) is 53.8 Å². The Balaban J connectivity index is 1.67. The average Bonchev–Trinajstić information content (AvgIpc) is 2.68. The summed E-state index contributed by atoms with van der Waals surface area (Å²) in [6.07, 6.45) is 3.09. The maximum atomic E-state index is 13.6. The number of halogens is 1. The monoisotopic (exact) mass is 359 g/mol. The number of piperidine rings is 1. The second kappa shape index (κ2) is 9.12. The molecule has 0 aliphatic carbocycles. The number of β-amino-alcohol motifs (C(OH)–C–C–N with tert-alkyl or cyclic N) is 1. The van der Waals surface area contributed by atoms with Crippen molar-refractivity contribution >= 4 is 0 Å². The molecule has 1 heterocycles. The maximum absolute atomic E-state index is 13.6. The molecule has 1 aliphatic rings. The van der Waals surface area contributed by atoms with E-state index in [1.165, 1.54) is 25.3 Å². The van der Waals surface area contributed by atoms with Crippen LogP contribution in [0.4, 0.5) is 4.39 Å². The van der Waals surface area contributed by atoms with Crippen LogP contribution in [0, 0.1) is 5.82 Å². The number of aliphatic hydroxyl groups excluding tert-OH is 2. The summed E-state index contributed by atoms with van der Waals surface area (Å²) < 4.78 is 19.5. The van der Waals surface area contributed by atoms with E-state index in [0.29, 0.717) is 12.3 Å². The molecule has 1 aliphatic heterocycles. The third kappa shape index (κ3) is 4.81. The van der Waals surface area contributed by atoms with Gasteiger partial charge in [-0.05, 0) is 49.7 Å². The van der Waals surface area contributed by atoms with Gasteiger partial charge in [-0.25, -0.2) is 4.39 Å². The van der Waals surface area contributed by atoms with Crippen molar-refractivity contribution in [3.63, 3.8) is 0 Å². The number of ether oxygens (including phenoxy) is 1. The molecular formula is C21H26FNO3. The smallest absolute Gasteiger partial charge is 0.128 e. The van der Waals surface area contributed by atoms with E-state index in [1.54, 1.807) is 12.1 Å². The molecule has 0 saturated carbocycles. The first-order chi connectivity index (χ1) is 12.7. The lowest BCUT2D eigenvalue weighted by Gasteiger charge is -2.28. The van der Waals surface area contributed by atoms with Crippen molar-refractivity contribution in [2.75, 3.05) is 26.2 Å². The number of benzene rings is 2. The predicted molar refractivity (Wildman–Crippen MR) is 99.6 cm³/mol. The van der Waals surface area contributed by atoms with Gasteiger partial charge in [0.2, 0.25) is 0 Å². The van der Waals surface area contributed by atoms with E-state index < -0.39 is 11.9 Å².